The molecular formula is C48H84N4O14. The second kappa shape index (κ2) is 23.3. The number of nitrogens with zero attached hydrogens (tertiary/aromatic N) is 2. The number of phenolic OH excluding ortho intramolecular Hbond substituents is 1. The van der Waals surface area contributed by atoms with Crippen molar-refractivity contribution < 1.29 is 68.3 Å². The summed E-state index contributed by atoms with van der Waals surface area (Å²) in [7, 11) is 7.24. The van der Waals surface area contributed by atoms with Gasteiger partial charge in [-0.25, -0.2) is 0 Å². The Balaban J connectivity index is 1.75. The fourth-order valence-electron chi connectivity index (χ4n) is 10.2. The number of esters is 1. The molecule has 1 amide bonds. The van der Waals surface area contributed by atoms with Crippen LogP contribution in [0.25, 0.3) is 0 Å². The van der Waals surface area contributed by atoms with Gasteiger partial charge in [0.15, 0.2) is 12.6 Å². The maximum absolute atomic E-state index is 14.5. The standard InChI is InChI=1S/C48H84N4O14/c1-15-36-48(10,59)40(54)30(6)52(13)25-26(2)23-46(8,58)42(28(4)38(29(5)44(57)64-36)65-37-24-47(9,60-14)41(55)31(7)63-37)66-45-39(34(51(11)12)21-27(3)62-45)61-20-16-19-50-43(56)33-18-17-32(49)22-35(33)53/h17-18,22,26-31,34,36-42,45,53-55,58-59H,15-16,19-21,23-25,49H2,1-14H3,(H,50,56)/t26-,27-,28+,29-,30-,31+,34+,36-,37+,38+,39-,40-,41+,42-,45+,46-,47-,48-/m1/s1. The number of aliphatic hydroxyl groups is 4. The monoisotopic (exact) mass is 941 g/mol. The van der Waals surface area contributed by atoms with Gasteiger partial charge < -0.3 is 79.5 Å². The second-order valence-electron chi connectivity index (χ2n) is 20.4. The van der Waals surface area contributed by atoms with E-state index in [4.69, 9.17) is 38.9 Å². The number of hydrogen-bond acceptors (Lipinski definition) is 17. The number of nitrogen functional groups attached to an aromatic ring is 1. The van der Waals surface area contributed by atoms with Crippen LogP contribution in [0.2, 0.25) is 0 Å². The molecule has 3 fully saturated rings. The summed E-state index contributed by atoms with van der Waals surface area (Å²) in [5, 5.41) is 60.6. The molecule has 0 unspecified atom stereocenters. The fourth-order valence-corrected chi connectivity index (χ4v) is 10.2. The van der Waals surface area contributed by atoms with Gasteiger partial charge >= 0.3 is 5.97 Å². The number of carbonyl (C=O) groups is 2. The molecule has 1 aromatic carbocycles. The Hall–Kier alpha value is -2.72. The summed E-state index contributed by atoms with van der Waals surface area (Å²) in [6.45, 7) is 18.5. The van der Waals surface area contributed by atoms with E-state index in [0.717, 1.165) is 0 Å². The van der Waals surface area contributed by atoms with Gasteiger partial charge in [-0.15, -0.1) is 0 Å². The van der Waals surface area contributed by atoms with Gasteiger partial charge in [-0.2, -0.15) is 0 Å². The number of aromatic hydroxyl groups is 1. The summed E-state index contributed by atoms with van der Waals surface area (Å²) >= 11 is 0. The first-order valence-electron chi connectivity index (χ1n) is 23.7. The third-order valence-corrected chi connectivity index (χ3v) is 14.4. The van der Waals surface area contributed by atoms with Gasteiger partial charge in [-0.05, 0) is 113 Å². The molecule has 3 aliphatic rings. The third kappa shape index (κ3) is 13.3. The van der Waals surface area contributed by atoms with Crippen molar-refractivity contribution in [2.24, 2.45) is 17.8 Å². The molecule has 18 atom stereocenters. The molecule has 0 spiro atoms. The molecule has 1 aromatic rings. The van der Waals surface area contributed by atoms with E-state index in [1.54, 1.807) is 47.6 Å². The van der Waals surface area contributed by atoms with Gasteiger partial charge in [0.1, 0.15) is 35.8 Å². The predicted molar refractivity (Wildman–Crippen MR) is 247 cm³/mol. The van der Waals surface area contributed by atoms with E-state index in [9.17, 15) is 35.1 Å². The van der Waals surface area contributed by atoms with Crippen LogP contribution in [0, 0.1) is 17.8 Å². The fraction of sp³-hybridized carbons (Fsp3) is 0.833. The van der Waals surface area contributed by atoms with Crippen LogP contribution < -0.4 is 11.1 Å². The molecule has 3 heterocycles. The molecule has 3 aliphatic heterocycles. The lowest BCUT2D eigenvalue weighted by Crippen LogP contribution is -2.61. The van der Waals surface area contributed by atoms with Gasteiger partial charge in [0.2, 0.25) is 0 Å². The first kappa shape index (κ1) is 55.9. The Kier molecular flexibility index (Phi) is 19.7. The highest BCUT2D eigenvalue weighted by Gasteiger charge is 2.53. The summed E-state index contributed by atoms with van der Waals surface area (Å²) in [6, 6.07) is 3.55. The highest BCUT2D eigenvalue weighted by atomic mass is 16.7. The molecule has 18 heteroatoms. The van der Waals surface area contributed by atoms with Crippen molar-refractivity contribution in [3.63, 3.8) is 0 Å². The van der Waals surface area contributed by atoms with Gasteiger partial charge in [-0.3, -0.25) is 9.59 Å². The van der Waals surface area contributed by atoms with Crippen LogP contribution in [0.4, 0.5) is 5.69 Å². The number of rotatable bonds is 13. The lowest BCUT2D eigenvalue weighted by molar-refractivity contribution is -0.321. The summed E-state index contributed by atoms with van der Waals surface area (Å²) < 4.78 is 45.3. The predicted octanol–water partition coefficient (Wildman–Crippen LogP) is 3.03. The molecule has 0 saturated carbocycles. The quantitative estimate of drug-likeness (QED) is 0.0854. The smallest absolute Gasteiger partial charge is 0.311 e. The molecule has 0 aromatic heterocycles. The highest BCUT2D eigenvalue weighted by Crippen LogP contribution is 2.40. The Morgan fingerprint density at radius 2 is 1.67 bits per heavy atom. The molecule has 3 saturated heterocycles. The number of likely N-dealkylation sites (N-methyl/N-ethyl adjacent to an activating group) is 2. The van der Waals surface area contributed by atoms with Crippen molar-refractivity contribution in [1.29, 1.82) is 0 Å². The molecule has 0 bridgehead atoms. The van der Waals surface area contributed by atoms with Crippen LogP contribution in [0.3, 0.4) is 0 Å². The molecule has 0 aliphatic carbocycles. The number of ether oxygens (including phenoxy) is 7. The zero-order chi connectivity index (χ0) is 49.6. The number of hydrogen-bond donors (Lipinski definition) is 7. The second-order valence-corrected chi connectivity index (χ2v) is 20.4. The Morgan fingerprint density at radius 1 is 1.00 bits per heavy atom. The van der Waals surface area contributed by atoms with E-state index < -0.39 is 102 Å². The van der Waals surface area contributed by atoms with Crippen molar-refractivity contribution in [2.75, 3.05) is 53.7 Å². The van der Waals surface area contributed by atoms with Crippen LogP contribution >= 0.6 is 0 Å². The van der Waals surface area contributed by atoms with E-state index in [1.807, 2.05) is 51.7 Å². The molecular weight excluding hydrogens is 857 g/mol. The van der Waals surface area contributed by atoms with Crippen molar-refractivity contribution in [3.05, 3.63) is 23.8 Å². The average molecular weight is 941 g/mol. The molecule has 66 heavy (non-hydrogen) atoms. The normalized spacial score (nSPS) is 41.4. The van der Waals surface area contributed by atoms with Gasteiger partial charge in [0, 0.05) is 63.0 Å². The minimum absolute atomic E-state index is 0.103. The zero-order valence-corrected chi connectivity index (χ0v) is 41.9. The van der Waals surface area contributed by atoms with Crippen LogP contribution in [0.5, 0.6) is 5.75 Å². The highest BCUT2D eigenvalue weighted by molar-refractivity contribution is 5.97. The summed E-state index contributed by atoms with van der Waals surface area (Å²) in [4.78, 5) is 31.3. The number of nitrogens with one attached hydrogen (secondary N) is 1. The van der Waals surface area contributed by atoms with Gasteiger partial charge in [0.05, 0.1) is 47.1 Å². The van der Waals surface area contributed by atoms with Crippen LogP contribution in [0.1, 0.15) is 112 Å². The maximum Gasteiger partial charge on any atom is 0.311 e. The average Bonchev–Trinajstić information content (AvgIpc) is 3.23. The van der Waals surface area contributed by atoms with Crippen molar-refractivity contribution >= 4 is 17.6 Å². The van der Waals surface area contributed by atoms with Crippen LogP contribution in [0.15, 0.2) is 18.2 Å². The lowest BCUT2D eigenvalue weighted by atomic mass is 9.77. The van der Waals surface area contributed by atoms with E-state index >= 15 is 0 Å². The molecule has 4 rings (SSSR count). The number of methoxy groups -OCH3 is 1. The number of cyclic esters (lactones) is 1. The van der Waals surface area contributed by atoms with Crippen molar-refractivity contribution in [3.8, 4) is 5.75 Å². The van der Waals surface area contributed by atoms with Crippen LogP contribution in [-0.4, -0.2) is 185 Å². The molecule has 0 radical (unpaired) electrons. The number of phenols is 1. The van der Waals surface area contributed by atoms with Crippen molar-refractivity contribution in [2.45, 2.75) is 192 Å². The van der Waals surface area contributed by atoms with E-state index in [0.29, 0.717) is 25.1 Å². The first-order valence-corrected chi connectivity index (χ1v) is 23.7. The van der Waals surface area contributed by atoms with Crippen molar-refractivity contribution in [1.82, 2.24) is 15.1 Å². The summed E-state index contributed by atoms with van der Waals surface area (Å²) in [5.41, 5.74) is 1.67. The van der Waals surface area contributed by atoms with E-state index in [1.165, 1.54) is 26.2 Å². The zero-order valence-electron chi connectivity index (χ0n) is 41.9. The number of benzene rings is 1. The molecule has 8 N–H and O–H groups in total. The van der Waals surface area contributed by atoms with E-state index in [2.05, 4.69) is 5.32 Å². The Labute approximate surface area is 392 Å². The van der Waals surface area contributed by atoms with Gasteiger partial charge in [-0.1, -0.05) is 20.8 Å². The first-order chi connectivity index (χ1) is 30.7. The number of aliphatic hydroxyl groups excluding tert-OH is 2. The Bertz CT molecular complexity index is 1720. The lowest BCUT2D eigenvalue weighted by Gasteiger charge is -2.49. The summed E-state index contributed by atoms with van der Waals surface area (Å²) in [6.07, 6.45) is -7.70. The maximum atomic E-state index is 14.5. The minimum atomic E-state index is -1.84. The third-order valence-electron chi connectivity index (χ3n) is 14.4. The summed E-state index contributed by atoms with van der Waals surface area (Å²) in [5.74, 6) is -3.41. The number of amides is 1. The Morgan fingerprint density at radius 3 is 2.27 bits per heavy atom. The molecule has 380 valence electrons. The van der Waals surface area contributed by atoms with Gasteiger partial charge in [0.25, 0.3) is 5.91 Å². The topological polar surface area (TPSA) is 244 Å². The number of anilines is 1. The van der Waals surface area contributed by atoms with Crippen LogP contribution in [-0.2, 0) is 38.0 Å². The largest absolute Gasteiger partial charge is 0.507 e. The SMILES string of the molecule is CC[C@H]1OC(=O)[C@H](C)[C@@H](O[C@H]2C[C@@](C)(OC)[C@@H](O)[C@H](C)O2)[C@H](C)[C@@H](O[C@@H]2O[C@H](C)C[C@H](N(C)C)[C@H]2OCCCNC(=O)c2ccc(N)cc2O)[C@](C)(O)C[C@@H](C)CN(C)[C@H](C)[C@@H](O)[C@]1(C)O. The van der Waals surface area contributed by atoms with E-state index in [-0.39, 0.29) is 61.8 Å². The minimum Gasteiger partial charge on any atom is -0.507 e. The number of nitrogens with two attached hydrogens (primary N) is 1. The number of carbonyl (C=O) groups excluding carboxylic acids is 2. The molecule has 18 nitrogen and oxygen atoms in total.